The van der Waals surface area contributed by atoms with Gasteiger partial charge in [0.1, 0.15) is 10.9 Å². The molecule has 2 aromatic carbocycles. The lowest BCUT2D eigenvalue weighted by Crippen LogP contribution is -2.52. The fourth-order valence-electron chi connectivity index (χ4n) is 6.81. The summed E-state index contributed by atoms with van der Waals surface area (Å²) in [5.74, 6) is -0.357. The molecule has 3 heterocycles. The Kier molecular flexibility index (Phi) is 5.89. The Bertz CT molecular complexity index is 1360. The van der Waals surface area contributed by atoms with Crippen molar-refractivity contribution in [3.63, 3.8) is 0 Å². The van der Waals surface area contributed by atoms with Gasteiger partial charge in [-0.3, -0.25) is 0 Å². The van der Waals surface area contributed by atoms with Crippen LogP contribution in [0.5, 0.6) is 11.6 Å². The summed E-state index contributed by atoms with van der Waals surface area (Å²) in [7, 11) is 1.46. The number of ether oxygens (including phenoxy) is 2. The summed E-state index contributed by atoms with van der Waals surface area (Å²) in [6, 6.07) is 20.6. The SMILES string of the molecule is COc1nc(Cl)cc2c1[C@]1(O)[C@H](O)[C@H](CN3CCCC3)[C@@H](c3ccccc3)[C@]1(c1ccc(C#N)cc1)O2. The Hall–Kier alpha value is -3.15. The molecule has 2 fully saturated rings. The number of benzene rings is 2. The molecule has 2 N–H and O–H groups in total. The molecule has 1 saturated heterocycles. The van der Waals surface area contributed by atoms with Gasteiger partial charge in [-0.2, -0.15) is 5.26 Å². The molecule has 3 aliphatic rings. The van der Waals surface area contributed by atoms with Gasteiger partial charge in [-0.15, -0.1) is 0 Å². The number of hydrogen-bond donors (Lipinski definition) is 2. The third kappa shape index (κ3) is 3.40. The Balaban J connectivity index is 1.64. The van der Waals surface area contributed by atoms with Gasteiger partial charge in [-0.05, 0) is 49.2 Å². The van der Waals surface area contributed by atoms with E-state index in [-0.39, 0.29) is 17.0 Å². The molecule has 37 heavy (non-hydrogen) atoms. The number of pyridine rings is 1. The van der Waals surface area contributed by atoms with E-state index in [0.717, 1.165) is 31.5 Å². The number of aromatic nitrogens is 1. The molecule has 7 nitrogen and oxygen atoms in total. The summed E-state index contributed by atoms with van der Waals surface area (Å²) in [4.78, 5) is 6.67. The van der Waals surface area contributed by atoms with Crippen LogP contribution in [0.25, 0.3) is 0 Å². The third-order valence-corrected chi connectivity index (χ3v) is 8.49. The van der Waals surface area contributed by atoms with Crippen molar-refractivity contribution in [1.82, 2.24) is 9.88 Å². The summed E-state index contributed by atoms with van der Waals surface area (Å²) < 4.78 is 12.4. The maximum Gasteiger partial charge on any atom is 0.224 e. The molecule has 6 rings (SSSR count). The molecule has 2 aliphatic heterocycles. The smallest absolute Gasteiger partial charge is 0.224 e. The topological polar surface area (TPSA) is 98.8 Å². The van der Waals surface area contributed by atoms with Gasteiger partial charge in [0.2, 0.25) is 5.88 Å². The Morgan fingerprint density at radius 3 is 2.51 bits per heavy atom. The van der Waals surface area contributed by atoms with Crippen LogP contribution in [0.15, 0.2) is 60.7 Å². The van der Waals surface area contributed by atoms with Crippen molar-refractivity contribution < 1.29 is 19.7 Å². The van der Waals surface area contributed by atoms with E-state index in [1.54, 1.807) is 30.3 Å². The van der Waals surface area contributed by atoms with Crippen molar-refractivity contribution in [2.45, 2.75) is 36.1 Å². The number of nitrogens with zero attached hydrogens (tertiary/aromatic N) is 3. The summed E-state index contributed by atoms with van der Waals surface area (Å²) in [6.07, 6.45) is 1.02. The number of likely N-dealkylation sites (tertiary alicyclic amines) is 1. The van der Waals surface area contributed by atoms with Crippen molar-refractivity contribution >= 4 is 11.6 Å². The zero-order chi connectivity index (χ0) is 25.8. The van der Waals surface area contributed by atoms with Gasteiger partial charge in [-0.25, -0.2) is 4.98 Å². The first-order valence-electron chi connectivity index (χ1n) is 12.6. The number of methoxy groups -OCH3 is 1. The van der Waals surface area contributed by atoms with E-state index < -0.39 is 23.2 Å². The van der Waals surface area contributed by atoms with Crippen LogP contribution in [0.3, 0.4) is 0 Å². The normalized spacial score (nSPS) is 30.4. The Labute approximate surface area is 220 Å². The van der Waals surface area contributed by atoms with Crippen molar-refractivity contribution in [3.8, 4) is 17.7 Å². The summed E-state index contributed by atoms with van der Waals surface area (Å²) in [5, 5.41) is 34.6. The fourth-order valence-corrected chi connectivity index (χ4v) is 6.99. The van der Waals surface area contributed by atoms with Crippen LogP contribution in [0.1, 0.15) is 41.0 Å². The van der Waals surface area contributed by atoms with E-state index >= 15 is 0 Å². The lowest BCUT2D eigenvalue weighted by atomic mass is 9.70. The molecule has 3 aromatic rings. The van der Waals surface area contributed by atoms with Gasteiger partial charge in [-0.1, -0.05) is 54.1 Å². The van der Waals surface area contributed by atoms with Crippen LogP contribution in [-0.4, -0.2) is 52.9 Å². The van der Waals surface area contributed by atoms with Gasteiger partial charge in [0.05, 0.1) is 30.4 Å². The monoisotopic (exact) mass is 517 g/mol. The molecule has 8 heteroatoms. The van der Waals surface area contributed by atoms with Gasteiger partial charge in [0.25, 0.3) is 0 Å². The second-order valence-corrected chi connectivity index (χ2v) is 10.5. The minimum Gasteiger partial charge on any atom is -0.481 e. The van der Waals surface area contributed by atoms with E-state index in [1.807, 2.05) is 30.3 Å². The van der Waals surface area contributed by atoms with Crippen LogP contribution in [-0.2, 0) is 11.2 Å². The third-order valence-electron chi connectivity index (χ3n) is 8.30. The maximum atomic E-state index is 12.8. The molecule has 0 spiro atoms. The van der Waals surface area contributed by atoms with Crippen molar-refractivity contribution in [2.75, 3.05) is 26.7 Å². The Morgan fingerprint density at radius 1 is 1.16 bits per heavy atom. The quantitative estimate of drug-likeness (QED) is 0.494. The van der Waals surface area contributed by atoms with Crippen LogP contribution < -0.4 is 9.47 Å². The van der Waals surface area contributed by atoms with Crippen molar-refractivity contribution in [2.24, 2.45) is 5.92 Å². The van der Waals surface area contributed by atoms with E-state index in [1.165, 1.54) is 7.11 Å². The standard InChI is InChI=1S/C29H28ClN3O4/c1-36-27-25-22(15-23(30)32-27)37-29(20-11-9-18(16-31)10-12-20)24(19-7-3-2-4-8-19)21(26(34)28(25,29)35)17-33-13-5-6-14-33/h2-4,7-12,15,21,24,26,34-35H,5-6,13-14,17H2,1H3/t21-,24-,26-,28+,29+/m1/s1. The number of fused-ring (bicyclic) bond motifs is 3. The number of aliphatic hydroxyl groups is 2. The number of nitriles is 1. The minimum atomic E-state index is -1.90. The van der Waals surface area contributed by atoms with Gasteiger partial charge >= 0.3 is 0 Å². The highest BCUT2D eigenvalue weighted by atomic mass is 35.5. The number of hydrogen-bond acceptors (Lipinski definition) is 7. The van der Waals surface area contributed by atoms with Crippen LogP contribution in [0, 0.1) is 17.2 Å². The molecule has 0 radical (unpaired) electrons. The molecule has 1 aliphatic carbocycles. The minimum absolute atomic E-state index is 0.119. The van der Waals surface area contributed by atoms with Gasteiger partial charge in [0.15, 0.2) is 11.2 Å². The highest BCUT2D eigenvalue weighted by molar-refractivity contribution is 6.29. The van der Waals surface area contributed by atoms with E-state index in [9.17, 15) is 15.5 Å². The van der Waals surface area contributed by atoms with Gasteiger partial charge in [0, 0.05) is 24.4 Å². The predicted molar refractivity (Wildman–Crippen MR) is 138 cm³/mol. The largest absolute Gasteiger partial charge is 0.481 e. The first-order chi connectivity index (χ1) is 17.9. The first-order valence-corrected chi connectivity index (χ1v) is 12.9. The zero-order valence-corrected chi connectivity index (χ0v) is 21.2. The number of aliphatic hydroxyl groups excluding tert-OH is 1. The molecular weight excluding hydrogens is 490 g/mol. The van der Waals surface area contributed by atoms with Crippen LogP contribution in [0.4, 0.5) is 0 Å². The first kappa shape index (κ1) is 24.2. The van der Waals surface area contributed by atoms with E-state index in [4.69, 9.17) is 21.1 Å². The second-order valence-electron chi connectivity index (χ2n) is 10.1. The van der Waals surface area contributed by atoms with Crippen molar-refractivity contribution in [1.29, 1.82) is 5.26 Å². The van der Waals surface area contributed by atoms with E-state index in [0.29, 0.717) is 29.0 Å². The summed E-state index contributed by atoms with van der Waals surface area (Å²) in [6.45, 7) is 2.50. The fraction of sp³-hybridized carbons (Fsp3) is 0.379. The molecule has 1 aromatic heterocycles. The molecule has 5 atom stereocenters. The predicted octanol–water partition coefficient (Wildman–Crippen LogP) is 3.96. The highest BCUT2D eigenvalue weighted by Crippen LogP contribution is 2.69. The highest BCUT2D eigenvalue weighted by Gasteiger charge is 2.77. The molecule has 0 amide bonds. The average Bonchev–Trinajstić information content (AvgIpc) is 3.57. The molecule has 1 saturated carbocycles. The zero-order valence-electron chi connectivity index (χ0n) is 20.5. The molecule has 0 bridgehead atoms. The lowest BCUT2D eigenvalue weighted by Gasteiger charge is -2.41. The molecular formula is C29H28ClN3O4. The van der Waals surface area contributed by atoms with Gasteiger partial charge < -0.3 is 24.6 Å². The maximum absolute atomic E-state index is 12.8. The summed E-state index contributed by atoms with van der Waals surface area (Å²) in [5.41, 5.74) is -0.943. The number of rotatable bonds is 5. The van der Waals surface area contributed by atoms with Crippen molar-refractivity contribution in [3.05, 3.63) is 88.1 Å². The average molecular weight is 518 g/mol. The second kappa shape index (κ2) is 9.00. The molecule has 190 valence electrons. The number of halogens is 1. The van der Waals surface area contributed by atoms with Crippen LogP contribution >= 0.6 is 11.6 Å². The van der Waals surface area contributed by atoms with E-state index in [2.05, 4.69) is 16.0 Å². The summed E-state index contributed by atoms with van der Waals surface area (Å²) >= 11 is 6.31. The molecule has 0 unspecified atom stereocenters. The lowest BCUT2D eigenvalue weighted by molar-refractivity contribution is -0.152. The van der Waals surface area contributed by atoms with Crippen LogP contribution in [0.2, 0.25) is 5.15 Å². The Morgan fingerprint density at radius 2 is 1.86 bits per heavy atom.